The molecule has 1 atom stereocenters. The van der Waals surface area contributed by atoms with E-state index in [1.165, 1.54) is 83.5 Å². The molecule has 1 unspecified atom stereocenters. The molecule has 0 aliphatic carbocycles. The maximum Gasteiger partial charge on any atom is 0.469 e. The van der Waals surface area contributed by atoms with E-state index in [0.717, 1.165) is 18.6 Å². The maximum absolute atomic E-state index is 10.7. The van der Waals surface area contributed by atoms with Gasteiger partial charge in [-0.05, 0) is 25.0 Å². The van der Waals surface area contributed by atoms with Gasteiger partial charge in [-0.3, -0.25) is 4.52 Å². The lowest BCUT2D eigenvalue weighted by Crippen LogP contribution is -2.24. The van der Waals surface area contributed by atoms with Gasteiger partial charge in [-0.2, -0.15) is 0 Å². The second-order valence-corrected chi connectivity index (χ2v) is 10.1. The van der Waals surface area contributed by atoms with Gasteiger partial charge in [0.05, 0.1) is 19.8 Å². The van der Waals surface area contributed by atoms with Crippen molar-refractivity contribution in [1.29, 1.82) is 0 Å². The summed E-state index contributed by atoms with van der Waals surface area (Å²) in [5, 5.41) is 0. The number of unbranched alkanes of at least 4 members (excludes halogenated alkanes) is 13. The number of benzene rings is 1. The number of hydrogen-bond acceptors (Lipinski definition) is 4. The predicted molar refractivity (Wildman–Crippen MR) is 135 cm³/mol. The third kappa shape index (κ3) is 20.2. The molecule has 0 saturated heterocycles. The van der Waals surface area contributed by atoms with Crippen molar-refractivity contribution in [2.24, 2.45) is 0 Å². The zero-order valence-electron chi connectivity index (χ0n) is 20.7. The van der Waals surface area contributed by atoms with Gasteiger partial charge in [0.2, 0.25) is 0 Å². The Hall–Kier alpha value is -0.910. The molecule has 1 aromatic carbocycles. The molecule has 0 bridgehead atoms. The molecular weight excluding hydrogens is 439 g/mol. The van der Waals surface area contributed by atoms with Gasteiger partial charge in [-0.1, -0.05) is 109 Å². The monoisotopic (exact) mass is 486 g/mol. The Balaban J connectivity index is 2.08. The van der Waals surface area contributed by atoms with Crippen LogP contribution in [0.25, 0.3) is 0 Å². The van der Waals surface area contributed by atoms with Crippen molar-refractivity contribution < 1.29 is 28.3 Å². The van der Waals surface area contributed by atoms with Gasteiger partial charge in [0.25, 0.3) is 0 Å². The average molecular weight is 487 g/mol. The summed E-state index contributed by atoms with van der Waals surface area (Å²) in [5.41, 5.74) is 0. The quantitative estimate of drug-likeness (QED) is 0.124. The lowest BCUT2D eigenvalue weighted by Gasteiger charge is -2.19. The number of hydrogen-bond donors (Lipinski definition) is 2. The molecular formula is C26H47O6P. The lowest BCUT2D eigenvalue weighted by molar-refractivity contribution is 0.0272. The minimum atomic E-state index is -4.44. The molecule has 0 aliphatic heterocycles. The highest BCUT2D eigenvalue weighted by atomic mass is 31.2. The van der Waals surface area contributed by atoms with Crippen LogP contribution in [0.3, 0.4) is 0 Å². The molecule has 0 radical (unpaired) electrons. The predicted octanol–water partition coefficient (Wildman–Crippen LogP) is 7.43. The number of ether oxygens (including phenoxy) is 2. The first-order valence-electron chi connectivity index (χ1n) is 13.0. The van der Waals surface area contributed by atoms with Gasteiger partial charge in [-0.25, -0.2) is 4.57 Å². The molecule has 0 spiro atoms. The fourth-order valence-electron chi connectivity index (χ4n) is 3.86. The van der Waals surface area contributed by atoms with Gasteiger partial charge >= 0.3 is 7.82 Å². The van der Waals surface area contributed by atoms with Gasteiger partial charge < -0.3 is 19.3 Å². The highest BCUT2D eigenvalue weighted by Gasteiger charge is 2.14. The van der Waals surface area contributed by atoms with Gasteiger partial charge in [0.15, 0.2) is 0 Å². The Morgan fingerprint density at radius 1 is 0.758 bits per heavy atom. The molecule has 0 heterocycles. The smallest absolute Gasteiger partial charge is 0.469 e. The van der Waals surface area contributed by atoms with E-state index in [4.69, 9.17) is 19.3 Å². The Morgan fingerprint density at radius 2 is 1.27 bits per heavy atom. The molecule has 1 rings (SSSR count). The summed E-state index contributed by atoms with van der Waals surface area (Å²) in [5.74, 6) is 0.808. The van der Waals surface area contributed by atoms with Crippen molar-refractivity contribution in [3.8, 4) is 5.75 Å². The largest absolute Gasteiger partial charge is 0.488 e. The molecule has 0 saturated carbocycles. The van der Waals surface area contributed by atoms with Crippen molar-refractivity contribution in [1.82, 2.24) is 0 Å². The molecule has 192 valence electrons. The number of para-hydroxylation sites is 1. The lowest BCUT2D eigenvalue weighted by atomic mass is 10.0. The van der Waals surface area contributed by atoms with Crippen molar-refractivity contribution in [2.45, 2.75) is 109 Å². The Bertz CT molecular complexity index is 592. The summed E-state index contributed by atoms with van der Waals surface area (Å²) in [4.78, 5) is 17.4. The van der Waals surface area contributed by atoms with Crippen molar-refractivity contribution in [2.75, 3.05) is 19.8 Å². The Labute approximate surface area is 201 Å². The van der Waals surface area contributed by atoms with Crippen LogP contribution in [0, 0.1) is 0 Å². The van der Waals surface area contributed by atoms with E-state index in [-0.39, 0.29) is 19.3 Å². The molecule has 0 aromatic heterocycles. The van der Waals surface area contributed by atoms with Crippen LogP contribution < -0.4 is 4.74 Å². The third-order valence-electron chi connectivity index (χ3n) is 5.72. The molecule has 0 aliphatic rings. The summed E-state index contributed by atoms with van der Waals surface area (Å²) in [6.45, 7) is 2.63. The SMILES string of the molecule is CCCCCCCCCCCCCCCCC(COCCOP(=O)(O)O)Oc1ccccc1. The van der Waals surface area contributed by atoms with E-state index in [1.807, 2.05) is 30.3 Å². The van der Waals surface area contributed by atoms with Crippen LogP contribution in [0.2, 0.25) is 0 Å². The van der Waals surface area contributed by atoms with Crippen LogP contribution in [0.1, 0.15) is 103 Å². The summed E-state index contributed by atoms with van der Waals surface area (Å²) in [7, 11) is -4.44. The molecule has 1 aromatic rings. The first-order chi connectivity index (χ1) is 16.0. The van der Waals surface area contributed by atoms with Crippen LogP contribution in [-0.2, 0) is 13.8 Å². The van der Waals surface area contributed by atoms with Crippen molar-refractivity contribution in [3.63, 3.8) is 0 Å². The molecule has 6 nitrogen and oxygen atoms in total. The molecule has 0 amide bonds. The van der Waals surface area contributed by atoms with E-state index in [2.05, 4.69) is 11.4 Å². The van der Waals surface area contributed by atoms with Gasteiger partial charge in [0, 0.05) is 0 Å². The third-order valence-corrected chi connectivity index (χ3v) is 6.24. The van der Waals surface area contributed by atoms with Crippen LogP contribution in [0.15, 0.2) is 30.3 Å². The normalized spacial score (nSPS) is 12.7. The fraction of sp³-hybridized carbons (Fsp3) is 0.769. The summed E-state index contributed by atoms with van der Waals surface area (Å²) in [6, 6.07) is 9.68. The number of rotatable bonds is 23. The van der Waals surface area contributed by atoms with Crippen molar-refractivity contribution in [3.05, 3.63) is 30.3 Å². The second kappa shape index (κ2) is 20.5. The first-order valence-corrected chi connectivity index (χ1v) is 14.5. The van der Waals surface area contributed by atoms with Gasteiger partial charge in [0.1, 0.15) is 11.9 Å². The van der Waals surface area contributed by atoms with E-state index < -0.39 is 7.82 Å². The number of phosphoric ester groups is 1. The Morgan fingerprint density at radius 3 is 1.79 bits per heavy atom. The van der Waals surface area contributed by atoms with Gasteiger partial charge in [-0.15, -0.1) is 0 Å². The highest BCUT2D eigenvalue weighted by molar-refractivity contribution is 7.46. The molecule has 0 fully saturated rings. The fourth-order valence-corrected chi connectivity index (χ4v) is 4.18. The summed E-state index contributed by atoms with van der Waals surface area (Å²) in [6.07, 6.45) is 19.5. The Kier molecular flexibility index (Phi) is 18.7. The van der Waals surface area contributed by atoms with E-state index in [0.29, 0.717) is 6.61 Å². The maximum atomic E-state index is 10.7. The molecule has 33 heavy (non-hydrogen) atoms. The minimum Gasteiger partial charge on any atom is -0.488 e. The summed E-state index contributed by atoms with van der Waals surface area (Å²) < 4.78 is 26.7. The van der Waals surface area contributed by atoms with E-state index in [9.17, 15) is 4.57 Å². The number of phosphoric acid groups is 1. The van der Waals surface area contributed by atoms with E-state index in [1.54, 1.807) is 0 Å². The topological polar surface area (TPSA) is 85.2 Å². The second-order valence-electron chi connectivity index (χ2n) is 8.84. The first kappa shape index (κ1) is 30.1. The van der Waals surface area contributed by atoms with Crippen LogP contribution in [-0.4, -0.2) is 35.7 Å². The zero-order valence-corrected chi connectivity index (χ0v) is 21.6. The summed E-state index contributed by atoms with van der Waals surface area (Å²) >= 11 is 0. The van der Waals surface area contributed by atoms with E-state index >= 15 is 0 Å². The molecule has 7 heteroatoms. The van der Waals surface area contributed by atoms with Crippen LogP contribution in [0.5, 0.6) is 5.75 Å². The zero-order chi connectivity index (χ0) is 24.0. The van der Waals surface area contributed by atoms with Crippen LogP contribution >= 0.6 is 7.82 Å². The average Bonchev–Trinajstić information content (AvgIpc) is 2.78. The van der Waals surface area contributed by atoms with Crippen LogP contribution in [0.4, 0.5) is 0 Å². The standard InChI is InChI=1S/C26H47O6P/c1-2-3-4-5-6-7-8-9-10-11-12-13-14-16-21-26(32-25-19-17-15-18-20-25)24-30-22-23-31-33(27,28)29/h15,17-20,26H,2-14,16,21-24H2,1H3,(H2,27,28,29). The van der Waals surface area contributed by atoms with Crippen molar-refractivity contribution >= 4 is 7.82 Å². The molecule has 2 N–H and O–H groups in total. The highest BCUT2D eigenvalue weighted by Crippen LogP contribution is 2.35. The minimum absolute atomic E-state index is 0.0835.